The molecule has 0 aliphatic heterocycles. The Balaban J connectivity index is 2.07. The highest BCUT2D eigenvalue weighted by Crippen LogP contribution is 2.17. The molecule has 4 nitrogen and oxygen atoms in total. The van der Waals surface area contributed by atoms with Crippen molar-refractivity contribution in [2.75, 3.05) is 0 Å². The zero-order valence-corrected chi connectivity index (χ0v) is 10.7. The molecule has 0 amide bonds. The molecular formula is C16H12N2O2. The van der Waals surface area contributed by atoms with Crippen LogP contribution in [0.3, 0.4) is 0 Å². The van der Waals surface area contributed by atoms with Crippen molar-refractivity contribution in [1.82, 2.24) is 0 Å². The van der Waals surface area contributed by atoms with E-state index in [0.717, 1.165) is 23.2 Å². The monoisotopic (exact) mass is 264 g/mol. The van der Waals surface area contributed by atoms with Crippen LogP contribution in [0.15, 0.2) is 58.5 Å². The minimum Gasteiger partial charge on any atom is -0.297 e. The van der Waals surface area contributed by atoms with Gasteiger partial charge in [0.1, 0.15) is 0 Å². The van der Waals surface area contributed by atoms with Gasteiger partial charge in [0.15, 0.2) is 6.29 Å². The number of rotatable bonds is 5. The summed E-state index contributed by atoms with van der Waals surface area (Å²) < 4.78 is 0. The zero-order chi connectivity index (χ0) is 14.2. The normalized spacial score (nSPS) is 10.2. The Morgan fingerprint density at radius 3 is 1.95 bits per heavy atom. The fourth-order valence-corrected chi connectivity index (χ4v) is 1.79. The van der Waals surface area contributed by atoms with Crippen LogP contribution in [0, 0.1) is 0 Å². The summed E-state index contributed by atoms with van der Waals surface area (Å²) in [6.45, 7) is 0. The van der Waals surface area contributed by atoms with E-state index in [4.69, 9.17) is 0 Å². The molecular weight excluding hydrogens is 252 g/mol. The Morgan fingerprint density at radius 2 is 1.45 bits per heavy atom. The predicted octanol–water partition coefficient (Wildman–Crippen LogP) is 3.15. The van der Waals surface area contributed by atoms with E-state index in [1.54, 1.807) is 12.1 Å². The fraction of sp³-hybridized carbons (Fsp3) is 0.0625. The molecule has 0 atom stereocenters. The van der Waals surface area contributed by atoms with Gasteiger partial charge in [-0.2, -0.15) is 4.99 Å². The van der Waals surface area contributed by atoms with Crippen molar-refractivity contribution in [2.45, 2.75) is 6.42 Å². The minimum absolute atomic E-state index is 0.599. The smallest absolute Gasteiger partial charge is 0.240 e. The summed E-state index contributed by atoms with van der Waals surface area (Å²) in [6.07, 6.45) is 4.17. The highest BCUT2D eigenvalue weighted by Gasteiger charge is 1.97. The van der Waals surface area contributed by atoms with Crippen molar-refractivity contribution in [2.24, 2.45) is 9.98 Å². The Labute approximate surface area is 116 Å². The van der Waals surface area contributed by atoms with E-state index in [0.29, 0.717) is 12.0 Å². The van der Waals surface area contributed by atoms with Crippen LogP contribution in [-0.4, -0.2) is 18.6 Å². The molecule has 2 aromatic rings. The summed E-state index contributed by atoms with van der Waals surface area (Å²) >= 11 is 0. The molecule has 0 spiro atoms. The molecule has 0 unspecified atom stereocenters. The Bertz CT molecular complexity index is 652. The maximum atomic E-state index is 10.2. The van der Waals surface area contributed by atoms with Crippen LogP contribution >= 0.6 is 0 Å². The standard InChI is InChI=1S/C16H12N2O2/c19-10-9-17-15-5-1-13(2-6-15)11-14-3-7-16(8-4-14)18-12-20/h1-10H,11H2. The van der Waals surface area contributed by atoms with Gasteiger partial charge in [0, 0.05) is 0 Å². The van der Waals surface area contributed by atoms with E-state index >= 15 is 0 Å². The predicted molar refractivity (Wildman–Crippen MR) is 77.7 cm³/mol. The highest BCUT2D eigenvalue weighted by molar-refractivity contribution is 6.13. The van der Waals surface area contributed by atoms with E-state index in [1.807, 2.05) is 36.4 Å². The van der Waals surface area contributed by atoms with Crippen molar-refractivity contribution in [3.05, 3.63) is 59.7 Å². The van der Waals surface area contributed by atoms with Crippen LogP contribution in [-0.2, 0) is 16.0 Å². The van der Waals surface area contributed by atoms with Crippen molar-refractivity contribution < 1.29 is 9.59 Å². The van der Waals surface area contributed by atoms with Gasteiger partial charge in [0.2, 0.25) is 6.08 Å². The summed E-state index contributed by atoms with van der Waals surface area (Å²) in [7, 11) is 0. The van der Waals surface area contributed by atoms with E-state index < -0.39 is 0 Å². The van der Waals surface area contributed by atoms with Crippen molar-refractivity contribution in [1.29, 1.82) is 0 Å². The lowest BCUT2D eigenvalue weighted by molar-refractivity contribution is -0.102. The maximum absolute atomic E-state index is 10.2. The molecule has 0 saturated carbocycles. The van der Waals surface area contributed by atoms with E-state index in [2.05, 4.69) is 9.98 Å². The Morgan fingerprint density at radius 1 is 0.900 bits per heavy atom. The SMILES string of the molecule is O=C=Nc1ccc(Cc2ccc(N=CC=O)cc2)cc1. The quantitative estimate of drug-likeness (QED) is 0.473. The van der Waals surface area contributed by atoms with Crippen LogP contribution in [0.5, 0.6) is 0 Å². The zero-order valence-electron chi connectivity index (χ0n) is 10.7. The van der Waals surface area contributed by atoms with Gasteiger partial charge >= 0.3 is 0 Å². The van der Waals surface area contributed by atoms with Crippen LogP contribution in [0.1, 0.15) is 11.1 Å². The summed E-state index contributed by atoms with van der Waals surface area (Å²) in [5.74, 6) is 0. The lowest BCUT2D eigenvalue weighted by atomic mass is 10.0. The average molecular weight is 264 g/mol. The fourth-order valence-electron chi connectivity index (χ4n) is 1.79. The second-order valence-corrected chi connectivity index (χ2v) is 4.13. The van der Waals surface area contributed by atoms with E-state index in [-0.39, 0.29) is 0 Å². The molecule has 0 N–H and O–H groups in total. The lowest BCUT2D eigenvalue weighted by Gasteiger charge is -2.02. The van der Waals surface area contributed by atoms with Crippen molar-refractivity contribution in [3.63, 3.8) is 0 Å². The highest BCUT2D eigenvalue weighted by atomic mass is 16.1. The van der Waals surface area contributed by atoms with E-state index in [1.165, 1.54) is 12.3 Å². The first-order valence-electron chi connectivity index (χ1n) is 6.05. The molecule has 0 aliphatic rings. The first-order chi connectivity index (χ1) is 9.81. The molecule has 2 aromatic carbocycles. The maximum Gasteiger partial charge on any atom is 0.240 e. The molecule has 0 aliphatic carbocycles. The molecule has 0 aromatic heterocycles. The molecule has 20 heavy (non-hydrogen) atoms. The Hall–Kier alpha value is -2.84. The van der Waals surface area contributed by atoms with Crippen molar-refractivity contribution >= 4 is 30.0 Å². The molecule has 4 heteroatoms. The largest absolute Gasteiger partial charge is 0.297 e. The summed E-state index contributed by atoms with van der Waals surface area (Å²) in [5, 5.41) is 0. The molecule has 0 radical (unpaired) electrons. The summed E-state index contributed by atoms with van der Waals surface area (Å²) in [6, 6.07) is 15.1. The number of hydrogen-bond acceptors (Lipinski definition) is 4. The first kappa shape index (κ1) is 13.6. The van der Waals surface area contributed by atoms with Crippen LogP contribution in [0.4, 0.5) is 11.4 Å². The van der Waals surface area contributed by atoms with Crippen molar-refractivity contribution in [3.8, 4) is 0 Å². The molecule has 0 heterocycles. The summed E-state index contributed by atoms with van der Waals surface area (Å²) in [4.78, 5) is 27.8. The molecule has 98 valence electrons. The topological polar surface area (TPSA) is 58.9 Å². The van der Waals surface area contributed by atoms with Gasteiger partial charge < -0.3 is 0 Å². The number of isocyanates is 1. The van der Waals surface area contributed by atoms with Gasteiger partial charge in [0.25, 0.3) is 0 Å². The third kappa shape index (κ3) is 3.83. The van der Waals surface area contributed by atoms with Gasteiger partial charge in [-0.1, -0.05) is 24.3 Å². The Kier molecular flexibility index (Phi) is 4.70. The van der Waals surface area contributed by atoms with Gasteiger partial charge in [-0.3, -0.25) is 9.79 Å². The summed E-state index contributed by atoms with van der Waals surface area (Å²) in [5.41, 5.74) is 3.61. The molecule has 2 rings (SSSR count). The van der Waals surface area contributed by atoms with Gasteiger partial charge in [-0.15, -0.1) is 0 Å². The lowest BCUT2D eigenvalue weighted by Crippen LogP contribution is -1.86. The number of carbonyl (C=O) groups excluding carboxylic acids is 2. The second kappa shape index (κ2) is 6.92. The number of benzene rings is 2. The number of aldehydes is 1. The number of hydrogen-bond donors (Lipinski definition) is 0. The first-order valence-corrected chi connectivity index (χ1v) is 6.05. The molecule has 0 fully saturated rings. The third-order valence-corrected chi connectivity index (χ3v) is 2.74. The number of nitrogens with zero attached hydrogens (tertiary/aromatic N) is 2. The average Bonchev–Trinajstić information content (AvgIpc) is 2.49. The molecule has 0 bridgehead atoms. The second-order valence-electron chi connectivity index (χ2n) is 4.13. The van der Waals surface area contributed by atoms with Gasteiger partial charge in [-0.05, 0) is 41.8 Å². The third-order valence-electron chi connectivity index (χ3n) is 2.74. The van der Waals surface area contributed by atoms with Crippen LogP contribution in [0.2, 0.25) is 0 Å². The minimum atomic E-state index is 0.599. The number of aliphatic imine (C=N–C) groups is 2. The van der Waals surface area contributed by atoms with Crippen LogP contribution in [0.25, 0.3) is 0 Å². The van der Waals surface area contributed by atoms with Gasteiger partial charge in [0.05, 0.1) is 17.6 Å². The van der Waals surface area contributed by atoms with E-state index in [9.17, 15) is 9.59 Å². The van der Waals surface area contributed by atoms with Gasteiger partial charge in [-0.25, -0.2) is 4.79 Å². The number of carbonyl (C=O) groups is 1. The molecule has 0 saturated heterocycles. The van der Waals surface area contributed by atoms with Crippen LogP contribution < -0.4 is 0 Å².